The molecule has 1 saturated heterocycles. The van der Waals surface area contributed by atoms with Gasteiger partial charge in [0.2, 0.25) is 0 Å². The molecule has 1 spiro atoms. The Morgan fingerprint density at radius 2 is 2.00 bits per heavy atom. The molecule has 0 aromatic heterocycles. The molecule has 3 nitrogen and oxygen atoms in total. The highest BCUT2D eigenvalue weighted by atomic mass is 16.5. The SMILES string of the molecule is CNCCCN(C)CC1CCC2(CCCCC2)O1. The van der Waals surface area contributed by atoms with Gasteiger partial charge in [-0.2, -0.15) is 0 Å². The van der Waals surface area contributed by atoms with Crippen LogP contribution in [0.15, 0.2) is 0 Å². The molecule has 1 aliphatic carbocycles. The molecule has 2 rings (SSSR count). The molecule has 1 heterocycles. The van der Waals surface area contributed by atoms with E-state index in [2.05, 4.69) is 17.3 Å². The Morgan fingerprint density at radius 3 is 2.72 bits per heavy atom. The predicted molar refractivity (Wildman–Crippen MR) is 76.0 cm³/mol. The van der Waals surface area contributed by atoms with E-state index >= 15 is 0 Å². The van der Waals surface area contributed by atoms with Crippen LogP contribution >= 0.6 is 0 Å². The molecule has 2 fully saturated rings. The van der Waals surface area contributed by atoms with Crippen LogP contribution in [0.1, 0.15) is 51.4 Å². The van der Waals surface area contributed by atoms with Crippen LogP contribution < -0.4 is 5.32 Å². The Bertz CT molecular complexity index is 239. The number of nitrogens with one attached hydrogen (secondary N) is 1. The van der Waals surface area contributed by atoms with E-state index in [4.69, 9.17) is 4.74 Å². The van der Waals surface area contributed by atoms with Gasteiger partial charge in [0, 0.05) is 6.54 Å². The Balaban J connectivity index is 1.68. The van der Waals surface area contributed by atoms with Gasteiger partial charge in [0.15, 0.2) is 0 Å². The van der Waals surface area contributed by atoms with Crippen molar-refractivity contribution in [2.24, 2.45) is 0 Å². The van der Waals surface area contributed by atoms with Crippen LogP contribution in [-0.4, -0.2) is 50.3 Å². The smallest absolute Gasteiger partial charge is 0.0710 e. The lowest BCUT2D eigenvalue weighted by Crippen LogP contribution is -2.35. The zero-order valence-electron chi connectivity index (χ0n) is 12.2. The normalized spacial score (nSPS) is 27.2. The van der Waals surface area contributed by atoms with Gasteiger partial charge in [0.05, 0.1) is 11.7 Å². The van der Waals surface area contributed by atoms with Crippen LogP contribution in [0.4, 0.5) is 0 Å². The summed E-state index contributed by atoms with van der Waals surface area (Å²) in [5.74, 6) is 0. The molecule has 106 valence electrons. The van der Waals surface area contributed by atoms with Crippen LogP contribution in [0.25, 0.3) is 0 Å². The average Bonchev–Trinajstić information content (AvgIpc) is 2.73. The molecule has 2 aliphatic rings. The van der Waals surface area contributed by atoms with Gasteiger partial charge < -0.3 is 15.0 Å². The van der Waals surface area contributed by atoms with Gasteiger partial charge in [-0.3, -0.25) is 0 Å². The number of likely N-dealkylation sites (N-methyl/N-ethyl adjacent to an activating group) is 1. The van der Waals surface area contributed by atoms with Crippen molar-refractivity contribution in [3.63, 3.8) is 0 Å². The maximum Gasteiger partial charge on any atom is 0.0710 e. The quantitative estimate of drug-likeness (QED) is 0.737. The molecule has 18 heavy (non-hydrogen) atoms. The number of nitrogens with zero attached hydrogens (tertiary/aromatic N) is 1. The fourth-order valence-corrected chi connectivity index (χ4v) is 3.55. The van der Waals surface area contributed by atoms with E-state index in [1.54, 1.807) is 0 Å². The Kier molecular flexibility index (Phi) is 5.46. The molecule has 0 aromatic carbocycles. The van der Waals surface area contributed by atoms with E-state index in [1.807, 2.05) is 7.05 Å². The van der Waals surface area contributed by atoms with Gasteiger partial charge in [0.1, 0.15) is 0 Å². The van der Waals surface area contributed by atoms with E-state index in [0.29, 0.717) is 6.10 Å². The van der Waals surface area contributed by atoms with Crippen LogP contribution in [-0.2, 0) is 4.74 Å². The summed E-state index contributed by atoms with van der Waals surface area (Å²) in [6.45, 7) is 3.40. The molecule has 0 radical (unpaired) electrons. The second-order valence-electron chi connectivity index (χ2n) is 6.24. The number of hydrogen-bond acceptors (Lipinski definition) is 3. The fourth-order valence-electron chi connectivity index (χ4n) is 3.55. The highest BCUT2D eigenvalue weighted by Gasteiger charge is 2.40. The van der Waals surface area contributed by atoms with Crippen LogP contribution in [0.3, 0.4) is 0 Å². The first-order valence-electron chi connectivity index (χ1n) is 7.75. The second-order valence-corrected chi connectivity index (χ2v) is 6.24. The van der Waals surface area contributed by atoms with Crippen molar-refractivity contribution in [3.8, 4) is 0 Å². The molecule has 0 aromatic rings. The minimum atomic E-state index is 0.286. The third-order valence-electron chi connectivity index (χ3n) is 4.59. The van der Waals surface area contributed by atoms with Crippen molar-refractivity contribution >= 4 is 0 Å². The molecule has 0 amide bonds. The number of ether oxygens (including phenoxy) is 1. The molecule has 1 aliphatic heterocycles. The maximum atomic E-state index is 6.41. The Hall–Kier alpha value is -0.120. The average molecular weight is 254 g/mol. The summed E-state index contributed by atoms with van der Waals surface area (Å²) in [6, 6.07) is 0. The van der Waals surface area contributed by atoms with Gasteiger partial charge in [-0.15, -0.1) is 0 Å². The summed E-state index contributed by atoms with van der Waals surface area (Å²) in [5.41, 5.74) is 0.286. The van der Waals surface area contributed by atoms with E-state index in [9.17, 15) is 0 Å². The van der Waals surface area contributed by atoms with Crippen molar-refractivity contribution in [1.82, 2.24) is 10.2 Å². The first-order chi connectivity index (χ1) is 8.74. The van der Waals surface area contributed by atoms with Crippen molar-refractivity contribution in [3.05, 3.63) is 0 Å². The molecule has 1 unspecified atom stereocenters. The minimum Gasteiger partial charge on any atom is -0.370 e. The van der Waals surface area contributed by atoms with E-state index < -0.39 is 0 Å². The van der Waals surface area contributed by atoms with Crippen molar-refractivity contribution in [1.29, 1.82) is 0 Å². The number of rotatable bonds is 6. The second kappa shape index (κ2) is 6.88. The van der Waals surface area contributed by atoms with Gasteiger partial charge in [-0.1, -0.05) is 19.3 Å². The largest absolute Gasteiger partial charge is 0.370 e. The molecule has 3 heteroatoms. The van der Waals surface area contributed by atoms with Crippen LogP contribution in [0.5, 0.6) is 0 Å². The third kappa shape index (κ3) is 3.94. The summed E-state index contributed by atoms with van der Waals surface area (Å²) < 4.78 is 6.41. The zero-order valence-corrected chi connectivity index (χ0v) is 12.2. The predicted octanol–water partition coefficient (Wildman–Crippen LogP) is 2.41. The van der Waals surface area contributed by atoms with Gasteiger partial charge in [-0.05, 0) is 59.3 Å². The summed E-state index contributed by atoms with van der Waals surface area (Å²) >= 11 is 0. The Labute approximate surface area is 112 Å². The molecule has 0 bridgehead atoms. The molecule has 1 saturated carbocycles. The molecular weight excluding hydrogens is 224 g/mol. The van der Waals surface area contributed by atoms with Crippen LogP contribution in [0, 0.1) is 0 Å². The van der Waals surface area contributed by atoms with Crippen molar-refractivity contribution in [2.75, 3.05) is 33.7 Å². The van der Waals surface area contributed by atoms with E-state index in [-0.39, 0.29) is 5.60 Å². The number of hydrogen-bond donors (Lipinski definition) is 1. The highest BCUT2D eigenvalue weighted by molar-refractivity contribution is 4.91. The third-order valence-corrected chi connectivity index (χ3v) is 4.59. The van der Waals surface area contributed by atoms with Crippen molar-refractivity contribution in [2.45, 2.75) is 63.1 Å². The molecule has 1 atom stereocenters. The fraction of sp³-hybridized carbons (Fsp3) is 1.00. The summed E-state index contributed by atoms with van der Waals surface area (Å²) in [6.07, 6.45) is 11.1. The lowest BCUT2D eigenvalue weighted by Gasteiger charge is -2.34. The van der Waals surface area contributed by atoms with E-state index in [1.165, 1.54) is 57.9 Å². The standard InChI is InChI=1S/C15H30N2O/c1-16-11-6-12-17(2)13-14-7-10-15(18-14)8-4-3-5-9-15/h14,16H,3-13H2,1-2H3. The maximum absolute atomic E-state index is 6.41. The first kappa shape index (κ1) is 14.3. The Morgan fingerprint density at radius 1 is 1.22 bits per heavy atom. The zero-order chi connectivity index (χ0) is 12.8. The van der Waals surface area contributed by atoms with Gasteiger partial charge in [-0.25, -0.2) is 0 Å². The van der Waals surface area contributed by atoms with Gasteiger partial charge >= 0.3 is 0 Å². The minimum absolute atomic E-state index is 0.286. The molecular formula is C15H30N2O. The highest BCUT2D eigenvalue weighted by Crippen LogP contribution is 2.41. The summed E-state index contributed by atoms with van der Waals surface area (Å²) in [4.78, 5) is 2.43. The topological polar surface area (TPSA) is 24.5 Å². The lowest BCUT2D eigenvalue weighted by atomic mass is 9.83. The van der Waals surface area contributed by atoms with E-state index in [0.717, 1.165) is 13.1 Å². The van der Waals surface area contributed by atoms with Crippen LogP contribution in [0.2, 0.25) is 0 Å². The first-order valence-corrected chi connectivity index (χ1v) is 7.75. The van der Waals surface area contributed by atoms with Gasteiger partial charge in [0.25, 0.3) is 0 Å². The molecule has 1 N–H and O–H groups in total. The summed E-state index contributed by atoms with van der Waals surface area (Å²) in [7, 11) is 4.25. The van der Waals surface area contributed by atoms with Crippen molar-refractivity contribution < 1.29 is 4.74 Å². The monoisotopic (exact) mass is 254 g/mol. The lowest BCUT2D eigenvalue weighted by molar-refractivity contribution is -0.0701. The summed E-state index contributed by atoms with van der Waals surface area (Å²) in [5, 5.41) is 3.21.